The van der Waals surface area contributed by atoms with E-state index in [0.29, 0.717) is 35.3 Å². The fraction of sp³-hybridized carbons (Fsp3) is 0.370. The summed E-state index contributed by atoms with van der Waals surface area (Å²) >= 11 is 1.45. The van der Waals surface area contributed by atoms with Crippen LogP contribution in [-0.2, 0) is 17.0 Å². The molecule has 3 aromatic rings. The predicted molar refractivity (Wildman–Crippen MR) is 141 cm³/mol. The zero-order valence-corrected chi connectivity index (χ0v) is 21.6. The van der Waals surface area contributed by atoms with Crippen molar-refractivity contribution >= 4 is 23.4 Å². The maximum absolute atomic E-state index is 13.0. The minimum absolute atomic E-state index is 0.0298. The quantitative estimate of drug-likeness (QED) is 0.398. The Morgan fingerprint density at radius 3 is 2.57 bits per heavy atom. The third-order valence-corrected chi connectivity index (χ3v) is 7.32. The molecule has 0 radical (unpaired) electrons. The molecule has 1 N–H and O–H groups in total. The van der Waals surface area contributed by atoms with Crippen molar-refractivity contribution in [1.29, 1.82) is 0 Å². The van der Waals surface area contributed by atoms with Gasteiger partial charge in [-0.15, -0.1) is 0 Å². The third kappa shape index (κ3) is 6.06. The molecular formula is C27H32N4O3S. The number of aromatic amines is 1. The second kappa shape index (κ2) is 11.0. The number of aryl methyl sites for hydroxylation is 3. The number of methoxy groups -OCH3 is 1. The highest BCUT2D eigenvalue weighted by Crippen LogP contribution is 2.24. The van der Waals surface area contributed by atoms with Crippen molar-refractivity contribution < 1.29 is 9.53 Å². The van der Waals surface area contributed by atoms with Gasteiger partial charge in [0.05, 0.1) is 13.5 Å². The second-order valence-electron chi connectivity index (χ2n) is 8.91. The number of carbonyl (C=O) groups is 1. The highest BCUT2D eigenvalue weighted by molar-refractivity contribution is 7.98. The Morgan fingerprint density at radius 1 is 1.09 bits per heavy atom. The van der Waals surface area contributed by atoms with Crippen molar-refractivity contribution in [2.75, 3.05) is 38.2 Å². The molecule has 1 aliphatic rings. The van der Waals surface area contributed by atoms with Gasteiger partial charge in [0.25, 0.3) is 5.56 Å². The van der Waals surface area contributed by atoms with E-state index in [1.807, 2.05) is 29.2 Å². The van der Waals surface area contributed by atoms with Crippen molar-refractivity contribution in [1.82, 2.24) is 14.9 Å². The summed E-state index contributed by atoms with van der Waals surface area (Å²) in [4.78, 5) is 37.4. The van der Waals surface area contributed by atoms with Crippen LogP contribution in [0.5, 0.6) is 5.75 Å². The van der Waals surface area contributed by atoms with Crippen LogP contribution in [0.25, 0.3) is 0 Å². The van der Waals surface area contributed by atoms with Gasteiger partial charge in [-0.3, -0.25) is 9.59 Å². The molecule has 1 aliphatic heterocycles. The number of anilines is 1. The molecule has 2 heterocycles. The van der Waals surface area contributed by atoms with E-state index in [-0.39, 0.29) is 17.9 Å². The first-order valence-electron chi connectivity index (χ1n) is 11.8. The van der Waals surface area contributed by atoms with Gasteiger partial charge in [-0.1, -0.05) is 36.0 Å². The average Bonchev–Trinajstić information content (AvgIpc) is 2.86. The number of hydrogen-bond donors (Lipinski definition) is 1. The lowest BCUT2D eigenvalue weighted by Gasteiger charge is -2.37. The molecule has 1 amide bonds. The van der Waals surface area contributed by atoms with Gasteiger partial charge in [-0.05, 0) is 55.7 Å². The number of ether oxygens (including phenoxy) is 1. The third-order valence-electron chi connectivity index (χ3n) is 6.38. The summed E-state index contributed by atoms with van der Waals surface area (Å²) in [6, 6.07) is 14.3. The molecule has 0 atom stereocenters. The van der Waals surface area contributed by atoms with Crippen LogP contribution in [0.15, 0.2) is 52.4 Å². The lowest BCUT2D eigenvalue weighted by Crippen LogP contribution is -2.49. The minimum atomic E-state index is -0.243. The molecule has 0 spiro atoms. The Bertz CT molecular complexity index is 1270. The molecule has 35 heavy (non-hydrogen) atoms. The maximum Gasteiger partial charge on any atom is 0.255 e. The highest BCUT2D eigenvalue weighted by atomic mass is 32.2. The predicted octanol–water partition coefficient (Wildman–Crippen LogP) is 3.89. The fourth-order valence-electron chi connectivity index (χ4n) is 4.30. The number of thioether (sulfide) groups is 1. The first-order chi connectivity index (χ1) is 16.8. The van der Waals surface area contributed by atoms with Gasteiger partial charge in [0, 0.05) is 48.9 Å². The molecule has 0 unspecified atom stereocenters. The van der Waals surface area contributed by atoms with E-state index in [4.69, 9.17) is 4.74 Å². The zero-order chi connectivity index (χ0) is 24.9. The number of carbonyl (C=O) groups excluding carboxylic acids is 1. The normalized spacial score (nSPS) is 13.7. The van der Waals surface area contributed by atoms with Crippen LogP contribution in [0, 0.1) is 20.8 Å². The molecule has 8 heteroatoms. The van der Waals surface area contributed by atoms with Crippen LogP contribution in [0.3, 0.4) is 0 Å². The van der Waals surface area contributed by atoms with Gasteiger partial charge in [0.1, 0.15) is 5.75 Å². The number of amides is 1. The van der Waals surface area contributed by atoms with E-state index < -0.39 is 0 Å². The van der Waals surface area contributed by atoms with Gasteiger partial charge in [0.15, 0.2) is 5.16 Å². The molecule has 1 fully saturated rings. The summed E-state index contributed by atoms with van der Waals surface area (Å²) in [6.45, 7) is 8.86. The molecule has 0 aliphatic carbocycles. The number of nitrogens with one attached hydrogen (secondary N) is 1. The Labute approximate surface area is 210 Å². The van der Waals surface area contributed by atoms with E-state index in [1.54, 1.807) is 14.0 Å². The number of benzene rings is 2. The SMILES string of the molecule is COc1cccc(CSc2nc(C)c(CC(=O)N3CCN(c4cc(C)ccc4C)CC3)c(=O)[nH]2)c1. The Hall–Kier alpha value is -3.26. The molecule has 1 saturated heterocycles. The van der Waals surface area contributed by atoms with Crippen LogP contribution in [0.4, 0.5) is 5.69 Å². The maximum atomic E-state index is 13.0. The van der Waals surface area contributed by atoms with Crippen LogP contribution < -0.4 is 15.2 Å². The fourth-order valence-corrected chi connectivity index (χ4v) is 5.14. The number of nitrogens with zero attached hydrogens (tertiary/aromatic N) is 3. The molecular weight excluding hydrogens is 460 g/mol. The number of piperazine rings is 1. The summed E-state index contributed by atoms with van der Waals surface area (Å²) in [5, 5.41) is 0.550. The van der Waals surface area contributed by atoms with Crippen LogP contribution in [0.1, 0.15) is 27.9 Å². The molecule has 1 aromatic heterocycles. The van der Waals surface area contributed by atoms with Gasteiger partial charge >= 0.3 is 0 Å². The number of rotatable bonds is 7. The van der Waals surface area contributed by atoms with Crippen molar-refractivity contribution in [3.63, 3.8) is 0 Å². The number of aromatic nitrogens is 2. The van der Waals surface area contributed by atoms with Crippen LogP contribution in [0.2, 0.25) is 0 Å². The van der Waals surface area contributed by atoms with Gasteiger partial charge in [-0.25, -0.2) is 4.98 Å². The lowest BCUT2D eigenvalue weighted by molar-refractivity contribution is -0.130. The molecule has 2 aromatic carbocycles. The summed E-state index contributed by atoms with van der Waals surface area (Å²) < 4.78 is 5.26. The van der Waals surface area contributed by atoms with Crippen LogP contribution in [-0.4, -0.2) is 54.1 Å². The van der Waals surface area contributed by atoms with Crippen molar-refractivity contribution in [2.24, 2.45) is 0 Å². The van der Waals surface area contributed by atoms with E-state index in [9.17, 15) is 9.59 Å². The lowest BCUT2D eigenvalue weighted by atomic mass is 10.1. The average molecular weight is 493 g/mol. The van der Waals surface area contributed by atoms with Crippen LogP contribution >= 0.6 is 11.8 Å². The second-order valence-corrected chi connectivity index (χ2v) is 9.87. The zero-order valence-electron chi connectivity index (χ0n) is 20.8. The molecule has 0 bridgehead atoms. The minimum Gasteiger partial charge on any atom is -0.497 e. The first kappa shape index (κ1) is 24.9. The smallest absolute Gasteiger partial charge is 0.255 e. The Kier molecular flexibility index (Phi) is 7.80. The molecule has 4 rings (SSSR count). The van der Waals surface area contributed by atoms with Crippen molar-refractivity contribution in [2.45, 2.75) is 38.1 Å². The van der Waals surface area contributed by atoms with Gasteiger partial charge in [-0.2, -0.15) is 0 Å². The van der Waals surface area contributed by atoms with Crippen molar-refractivity contribution in [3.8, 4) is 5.75 Å². The Morgan fingerprint density at radius 2 is 1.86 bits per heavy atom. The van der Waals surface area contributed by atoms with E-state index in [1.165, 1.54) is 28.6 Å². The first-order valence-corrected chi connectivity index (χ1v) is 12.8. The summed E-state index contributed by atoms with van der Waals surface area (Å²) in [5.74, 6) is 1.42. The molecule has 7 nitrogen and oxygen atoms in total. The van der Waals surface area contributed by atoms with Gasteiger partial charge < -0.3 is 19.5 Å². The number of H-pyrrole nitrogens is 1. The molecule has 0 saturated carbocycles. The summed E-state index contributed by atoms with van der Waals surface area (Å²) in [5.41, 5.74) is 5.59. The van der Waals surface area contributed by atoms with E-state index >= 15 is 0 Å². The van der Waals surface area contributed by atoms with E-state index in [2.05, 4.69) is 46.9 Å². The van der Waals surface area contributed by atoms with E-state index in [0.717, 1.165) is 24.4 Å². The standard InChI is InChI=1S/C27H32N4O3S/c1-18-8-9-19(2)24(14-18)30-10-12-31(13-11-30)25(32)16-23-20(3)28-27(29-26(23)33)35-17-21-6-5-7-22(15-21)34-4/h5-9,14-15H,10-13,16-17H2,1-4H3,(H,28,29,33). The highest BCUT2D eigenvalue weighted by Gasteiger charge is 2.24. The topological polar surface area (TPSA) is 78.5 Å². The number of hydrogen-bond acceptors (Lipinski definition) is 6. The summed E-state index contributed by atoms with van der Waals surface area (Å²) in [7, 11) is 1.64. The summed E-state index contributed by atoms with van der Waals surface area (Å²) in [6.07, 6.45) is 0.0679. The largest absolute Gasteiger partial charge is 0.497 e. The molecule has 184 valence electrons. The monoisotopic (exact) mass is 492 g/mol. The van der Waals surface area contributed by atoms with Gasteiger partial charge in [0.2, 0.25) is 5.91 Å². The van der Waals surface area contributed by atoms with Crippen molar-refractivity contribution in [3.05, 3.63) is 80.8 Å². The Balaban J connectivity index is 1.36.